The fourth-order valence-corrected chi connectivity index (χ4v) is 2.98. The standard InChI is InChI=1S/C16H22BrNO4/c1-20-14-8-11(13(17)9-15(14)21-2)5-6-16(19)18-10-12-4-3-7-22-12/h8-9,12H,3-7,10H2,1-2H3,(H,18,19). The second-order valence-electron chi connectivity index (χ2n) is 5.24. The maximum Gasteiger partial charge on any atom is 0.220 e. The molecule has 6 heteroatoms. The van der Waals surface area contributed by atoms with E-state index in [1.54, 1.807) is 14.2 Å². The average molecular weight is 372 g/mol. The minimum Gasteiger partial charge on any atom is -0.493 e. The minimum absolute atomic E-state index is 0.0391. The number of methoxy groups -OCH3 is 2. The molecule has 1 N–H and O–H groups in total. The van der Waals surface area contributed by atoms with Gasteiger partial charge >= 0.3 is 0 Å². The zero-order chi connectivity index (χ0) is 15.9. The van der Waals surface area contributed by atoms with Crippen LogP contribution in [0.15, 0.2) is 16.6 Å². The Balaban J connectivity index is 1.86. The summed E-state index contributed by atoms with van der Waals surface area (Å²) >= 11 is 3.51. The summed E-state index contributed by atoms with van der Waals surface area (Å²) in [7, 11) is 3.20. The van der Waals surface area contributed by atoms with E-state index in [1.165, 1.54) is 0 Å². The molecule has 0 saturated carbocycles. The molecule has 5 nitrogen and oxygen atoms in total. The van der Waals surface area contributed by atoms with Gasteiger partial charge in [-0.3, -0.25) is 4.79 Å². The second-order valence-corrected chi connectivity index (χ2v) is 6.09. The molecule has 1 unspecified atom stereocenters. The van der Waals surface area contributed by atoms with Gasteiger partial charge in [0.1, 0.15) is 0 Å². The Morgan fingerprint density at radius 1 is 1.36 bits per heavy atom. The molecule has 0 aromatic heterocycles. The molecule has 1 heterocycles. The summed E-state index contributed by atoms with van der Waals surface area (Å²) in [5.41, 5.74) is 1.02. The molecule has 0 spiro atoms. The summed E-state index contributed by atoms with van der Waals surface area (Å²) in [6, 6.07) is 3.76. The minimum atomic E-state index is 0.0391. The van der Waals surface area contributed by atoms with E-state index in [4.69, 9.17) is 14.2 Å². The Hall–Kier alpha value is -1.27. The van der Waals surface area contributed by atoms with Crippen LogP contribution in [0.1, 0.15) is 24.8 Å². The Morgan fingerprint density at radius 3 is 2.73 bits per heavy atom. The zero-order valence-electron chi connectivity index (χ0n) is 13.0. The lowest BCUT2D eigenvalue weighted by Gasteiger charge is -2.13. The largest absolute Gasteiger partial charge is 0.493 e. The highest BCUT2D eigenvalue weighted by molar-refractivity contribution is 9.10. The summed E-state index contributed by atoms with van der Waals surface area (Å²) in [4.78, 5) is 11.9. The van der Waals surface area contributed by atoms with Gasteiger partial charge in [0.25, 0.3) is 0 Å². The number of carbonyl (C=O) groups excluding carboxylic acids is 1. The lowest BCUT2D eigenvalue weighted by Crippen LogP contribution is -2.31. The van der Waals surface area contributed by atoms with E-state index in [1.807, 2.05) is 12.1 Å². The predicted molar refractivity (Wildman–Crippen MR) is 87.6 cm³/mol. The Labute approximate surface area is 139 Å². The molecule has 122 valence electrons. The number of halogens is 1. The molecule has 1 saturated heterocycles. The van der Waals surface area contributed by atoms with E-state index < -0.39 is 0 Å². The van der Waals surface area contributed by atoms with Gasteiger partial charge in [0.15, 0.2) is 11.5 Å². The topological polar surface area (TPSA) is 56.8 Å². The third kappa shape index (κ3) is 4.61. The van der Waals surface area contributed by atoms with Crippen molar-refractivity contribution < 1.29 is 19.0 Å². The normalized spacial score (nSPS) is 17.3. The van der Waals surface area contributed by atoms with E-state index in [9.17, 15) is 4.79 Å². The summed E-state index contributed by atoms with van der Waals surface area (Å²) in [5, 5.41) is 2.93. The van der Waals surface area contributed by atoms with Crippen LogP contribution >= 0.6 is 15.9 Å². The van der Waals surface area contributed by atoms with Crippen LogP contribution in [-0.4, -0.2) is 39.4 Å². The van der Waals surface area contributed by atoms with E-state index in [2.05, 4.69) is 21.2 Å². The van der Waals surface area contributed by atoms with Crippen LogP contribution in [0.2, 0.25) is 0 Å². The van der Waals surface area contributed by atoms with Crippen molar-refractivity contribution in [3.63, 3.8) is 0 Å². The summed E-state index contributed by atoms with van der Waals surface area (Å²) in [6.07, 6.45) is 3.36. The number of hydrogen-bond acceptors (Lipinski definition) is 4. The SMILES string of the molecule is COc1cc(Br)c(CCC(=O)NCC2CCCO2)cc1OC. The van der Waals surface area contributed by atoms with Crippen LogP contribution in [0.5, 0.6) is 11.5 Å². The molecule has 0 radical (unpaired) electrons. The first kappa shape index (κ1) is 17.1. The van der Waals surface area contributed by atoms with Crippen molar-refractivity contribution in [2.24, 2.45) is 0 Å². The number of amides is 1. The molecule has 1 aliphatic rings. The van der Waals surface area contributed by atoms with Gasteiger partial charge in [0.05, 0.1) is 20.3 Å². The van der Waals surface area contributed by atoms with E-state index in [-0.39, 0.29) is 12.0 Å². The highest BCUT2D eigenvalue weighted by atomic mass is 79.9. The summed E-state index contributed by atoms with van der Waals surface area (Å²) in [5.74, 6) is 1.37. The van der Waals surface area contributed by atoms with Crippen molar-refractivity contribution >= 4 is 21.8 Å². The van der Waals surface area contributed by atoms with Gasteiger partial charge in [-0.05, 0) is 37.0 Å². The lowest BCUT2D eigenvalue weighted by atomic mass is 10.1. The van der Waals surface area contributed by atoms with Gasteiger partial charge in [-0.15, -0.1) is 0 Å². The van der Waals surface area contributed by atoms with Crippen LogP contribution < -0.4 is 14.8 Å². The number of nitrogens with one attached hydrogen (secondary N) is 1. The lowest BCUT2D eigenvalue weighted by molar-refractivity contribution is -0.121. The Morgan fingerprint density at radius 2 is 2.09 bits per heavy atom. The first-order valence-electron chi connectivity index (χ1n) is 7.42. The quantitative estimate of drug-likeness (QED) is 0.800. The van der Waals surface area contributed by atoms with E-state index >= 15 is 0 Å². The molecular formula is C16H22BrNO4. The van der Waals surface area contributed by atoms with Crippen molar-refractivity contribution in [2.45, 2.75) is 31.8 Å². The van der Waals surface area contributed by atoms with Crippen LogP contribution in [0, 0.1) is 0 Å². The summed E-state index contributed by atoms with van der Waals surface area (Å²) in [6.45, 7) is 1.41. The number of ether oxygens (including phenoxy) is 3. The number of rotatable bonds is 7. The molecular weight excluding hydrogens is 350 g/mol. The molecule has 1 aromatic rings. The van der Waals surface area contributed by atoms with Crippen LogP contribution in [-0.2, 0) is 16.0 Å². The van der Waals surface area contributed by atoms with E-state index in [0.717, 1.165) is 29.5 Å². The first-order valence-corrected chi connectivity index (χ1v) is 8.22. The van der Waals surface area contributed by atoms with Crippen LogP contribution in [0.4, 0.5) is 0 Å². The Bertz CT molecular complexity index is 515. The number of carbonyl (C=O) groups is 1. The molecule has 1 aliphatic heterocycles. The number of hydrogen-bond donors (Lipinski definition) is 1. The molecule has 0 aliphatic carbocycles. The molecule has 1 amide bonds. The maximum absolute atomic E-state index is 11.9. The van der Waals surface area contributed by atoms with Gasteiger partial charge in [-0.1, -0.05) is 15.9 Å². The first-order chi connectivity index (χ1) is 10.6. The van der Waals surface area contributed by atoms with Crippen molar-refractivity contribution in [1.29, 1.82) is 0 Å². The van der Waals surface area contributed by atoms with Crippen LogP contribution in [0.3, 0.4) is 0 Å². The number of aryl methyl sites for hydroxylation is 1. The van der Waals surface area contributed by atoms with Gasteiger partial charge in [-0.25, -0.2) is 0 Å². The molecule has 0 bridgehead atoms. The van der Waals surface area contributed by atoms with Crippen molar-refractivity contribution in [3.05, 3.63) is 22.2 Å². The van der Waals surface area contributed by atoms with Gasteiger partial charge in [0.2, 0.25) is 5.91 Å². The fraction of sp³-hybridized carbons (Fsp3) is 0.562. The fourth-order valence-electron chi connectivity index (χ4n) is 2.46. The third-order valence-corrected chi connectivity index (χ3v) is 4.46. The highest BCUT2D eigenvalue weighted by Crippen LogP contribution is 2.33. The Kier molecular flexibility index (Phi) is 6.51. The zero-order valence-corrected chi connectivity index (χ0v) is 14.6. The van der Waals surface area contributed by atoms with Crippen molar-refractivity contribution in [3.8, 4) is 11.5 Å². The molecule has 22 heavy (non-hydrogen) atoms. The van der Waals surface area contributed by atoms with Crippen molar-refractivity contribution in [1.82, 2.24) is 5.32 Å². The van der Waals surface area contributed by atoms with Crippen molar-refractivity contribution in [2.75, 3.05) is 27.4 Å². The van der Waals surface area contributed by atoms with Gasteiger partial charge in [0, 0.05) is 24.0 Å². The average Bonchev–Trinajstić information content (AvgIpc) is 3.04. The van der Waals surface area contributed by atoms with Gasteiger partial charge in [-0.2, -0.15) is 0 Å². The number of benzene rings is 1. The van der Waals surface area contributed by atoms with E-state index in [0.29, 0.717) is 30.9 Å². The molecule has 1 atom stereocenters. The third-order valence-electron chi connectivity index (χ3n) is 3.72. The molecule has 2 rings (SSSR count). The molecule has 1 fully saturated rings. The monoisotopic (exact) mass is 371 g/mol. The predicted octanol–water partition coefficient (Wildman–Crippen LogP) is 2.69. The maximum atomic E-state index is 11.9. The van der Waals surface area contributed by atoms with Gasteiger partial charge < -0.3 is 19.5 Å². The summed E-state index contributed by atoms with van der Waals surface area (Å²) < 4.78 is 16.9. The molecule has 1 aromatic carbocycles. The highest BCUT2D eigenvalue weighted by Gasteiger charge is 2.16. The van der Waals surface area contributed by atoms with Crippen LogP contribution in [0.25, 0.3) is 0 Å². The second kappa shape index (κ2) is 8.39. The smallest absolute Gasteiger partial charge is 0.220 e.